The van der Waals surface area contributed by atoms with E-state index in [0.717, 1.165) is 20.8 Å². The summed E-state index contributed by atoms with van der Waals surface area (Å²) in [7, 11) is 0. The lowest BCUT2D eigenvalue weighted by Gasteiger charge is -2.02. The Morgan fingerprint density at radius 2 is 2.14 bits per heavy atom. The van der Waals surface area contributed by atoms with Crippen molar-refractivity contribution < 1.29 is 0 Å². The molecule has 0 unspecified atom stereocenters. The summed E-state index contributed by atoms with van der Waals surface area (Å²) < 4.78 is 1.13. The predicted octanol–water partition coefficient (Wildman–Crippen LogP) is 4.64. The topological polar surface area (TPSA) is 51.3 Å². The Hall–Kier alpha value is -1.98. The largest absolute Gasteiger partial charge is 0.383 e. The lowest BCUT2D eigenvalue weighted by atomic mass is 10.2. The molecule has 0 amide bonds. The number of aliphatic imine (C=N–C) groups is 1. The second-order valence-electron chi connectivity index (χ2n) is 5.19. The van der Waals surface area contributed by atoms with Crippen LogP contribution in [0.15, 0.2) is 40.7 Å². The van der Waals surface area contributed by atoms with Gasteiger partial charge in [-0.15, -0.1) is 22.7 Å². The van der Waals surface area contributed by atoms with Gasteiger partial charge >= 0.3 is 0 Å². The molecule has 0 aliphatic heterocycles. The van der Waals surface area contributed by atoms with Crippen LogP contribution >= 0.6 is 22.7 Å². The van der Waals surface area contributed by atoms with Gasteiger partial charge in [0.15, 0.2) is 0 Å². The number of hydrogen-bond donors (Lipinski definition) is 1. The van der Waals surface area contributed by atoms with E-state index in [-0.39, 0.29) is 6.04 Å². The number of nitrogens with two attached hydrogens (primary N) is 1. The zero-order chi connectivity index (χ0) is 15.5. The molecule has 112 valence electrons. The van der Waals surface area contributed by atoms with Crippen molar-refractivity contribution >= 4 is 50.9 Å². The number of benzene rings is 1. The van der Waals surface area contributed by atoms with Crippen LogP contribution in [0.2, 0.25) is 0 Å². The SMILES string of the molecule is CC(C)N=C(N)c1ccc2nc(/C=C/c3cccs3)sc2c1. The van der Waals surface area contributed by atoms with Gasteiger partial charge < -0.3 is 5.73 Å². The summed E-state index contributed by atoms with van der Waals surface area (Å²) in [5.41, 5.74) is 7.99. The minimum Gasteiger partial charge on any atom is -0.383 e. The smallest absolute Gasteiger partial charge is 0.125 e. The lowest BCUT2D eigenvalue weighted by molar-refractivity contribution is 0.834. The van der Waals surface area contributed by atoms with Crippen LogP contribution in [0.1, 0.15) is 29.3 Å². The molecular formula is C17H17N3S2. The summed E-state index contributed by atoms with van der Waals surface area (Å²) in [4.78, 5) is 10.3. The molecule has 22 heavy (non-hydrogen) atoms. The Bertz CT molecular complexity index is 827. The maximum absolute atomic E-state index is 6.04. The number of amidine groups is 1. The maximum atomic E-state index is 6.04. The van der Waals surface area contributed by atoms with Gasteiger partial charge in [0.05, 0.1) is 10.2 Å². The molecule has 0 saturated heterocycles. The van der Waals surface area contributed by atoms with E-state index in [1.807, 2.05) is 32.0 Å². The highest BCUT2D eigenvalue weighted by molar-refractivity contribution is 7.19. The molecule has 2 N–H and O–H groups in total. The highest BCUT2D eigenvalue weighted by Gasteiger charge is 2.05. The molecule has 3 nitrogen and oxygen atoms in total. The normalized spacial score (nSPS) is 12.8. The first kappa shape index (κ1) is 14.9. The number of thiophene rings is 1. The molecule has 2 aromatic heterocycles. The van der Waals surface area contributed by atoms with Crippen molar-refractivity contribution in [2.75, 3.05) is 0 Å². The monoisotopic (exact) mass is 327 g/mol. The molecule has 2 heterocycles. The van der Waals surface area contributed by atoms with Crippen LogP contribution in [0.3, 0.4) is 0 Å². The number of hydrogen-bond acceptors (Lipinski definition) is 4. The first-order chi connectivity index (χ1) is 10.6. The number of aromatic nitrogens is 1. The third-order valence-electron chi connectivity index (χ3n) is 3.03. The van der Waals surface area contributed by atoms with Gasteiger partial charge in [-0.3, -0.25) is 4.99 Å². The number of thiazole rings is 1. The van der Waals surface area contributed by atoms with E-state index >= 15 is 0 Å². The Labute approximate surface area is 137 Å². The van der Waals surface area contributed by atoms with E-state index in [4.69, 9.17) is 5.73 Å². The molecule has 0 saturated carbocycles. The van der Waals surface area contributed by atoms with E-state index in [2.05, 4.69) is 39.6 Å². The first-order valence-electron chi connectivity index (χ1n) is 7.07. The lowest BCUT2D eigenvalue weighted by Crippen LogP contribution is -2.15. The second kappa shape index (κ2) is 6.42. The van der Waals surface area contributed by atoms with E-state index in [0.29, 0.717) is 5.84 Å². The van der Waals surface area contributed by atoms with Crippen LogP contribution in [-0.2, 0) is 0 Å². The zero-order valence-corrected chi connectivity index (χ0v) is 14.1. The Balaban J connectivity index is 1.90. The third-order valence-corrected chi connectivity index (χ3v) is 4.85. The van der Waals surface area contributed by atoms with Gasteiger partial charge in [-0.05, 0) is 55.6 Å². The summed E-state index contributed by atoms with van der Waals surface area (Å²) in [6.45, 7) is 4.04. The van der Waals surface area contributed by atoms with Crippen molar-refractivity contribution in [2.45, 2.75) is 19.9 Å². The van der Waals surface area contributed by atoms with Crippen molar-refractivity contribution in [3.05, 3.63) is 51.2 Å². The van der Waals surface area contributed by atoms with Crippen LogP contribution < -0.4 is 5.73 Å². The van der Waals surface area contributed by atoms with Gasteiger partial charge in [0.25, 0.3) is 0 Å². The van der Waals surface area contributed by atoms with Crippen molar-refractivity contribution in [1.29, 1.82) is 0 Å². The van der Waals surface area contributed by atoms with Crippen molar-refractivity contribution in [3.8, 4) is 0 Å². The van der Waals surface area contributed by atoms with Gasteiger partial charge in [0.1, 0.15) is 10.8 Å². The van der Waals surface area contributed by atoms with Gasteiger partial charge in [-0.1, -0.05) is 6.07 Å². The molecule has 0 aliphatic rings. The third kappa shape index (κ3) is 3.43. The minimum absolute atomic E-state index is 0.196. The Kier molecular flexibility index (Phi) is 4.36. The summed E-state index contributed by atoms with van der Waals surface area (Å²) in [5.74, 6) is 0.584. The van der Waals surface area contributed by atoms with Crippen LogP contribution in [0, 0.1) is 0 Å². The molecule has 0 bridgehead atoms. The Morgan fingerprint density at radius 3 is 2.86 bits per heavy atom. The van der Waals surface area contributed by atoms with Crippen LogP contribution in [-0.4, -0.2) is 16.9 Å². The molecule has 0 fully saturated rings. The quantitative estimate of drug-likeness (QED) is 0.560. The average molecular weight is 327 g/mol. The van der Waals surface area contributed by atoms with Gasteiger partial charge in [0, 0.05) is 16.5 Å². The summed E-state index contributed by atoms with van der Waals surface area (Å²) >= 11 is 3.38. The molecule has 0 radical (unpaired) electrons. The minimum atomic E-state index is 0.196. The highest BCUT2D eigenvalue weighted by atomic mass is 32.1. The number of nitrogens with zero attached hydrogens (tertiary/aromatic N) is 2. The molecule has 0 atom stereocenters. The van der Waals surface area contributed by atoms with Crippen molar-refractivity contribution in [2.24, 2.45) is 10.7 Å². The summed E-state index contributed by atoms with van der Waals surface area (Å²) in [6.07, 6.45) is 4.15. The Morgan fingerprint density at radius 1 is 1.27 bits per heavy atom. The molecule has 3 rings (SSSR count). The highest BCUT2D eigenvalue weighted by Crippen LogP contribution is 2.25. The average Bonchev–Trinajstić information content (AvgIpc) is 3.12. The van der Waals surface area contributed by atoms with E-state index in [1.165, 1.54) is 4.88 Å². The van der Waals surface area contributed by atoms with E-state index in [9.17, 15) is 0 Å². The number of fused-ring (bicyclic) bond motifs is 1. The summed E-state index contributed by atoms with van der Waals surface area (Å²) in [5, 5.41) is 3.07. The van der Waals surface area contributed by atoms with Crippen molar-refractivity contribution in [3.63, 3.8) is 0 Å². The van der Waals surface area contributed by atoms with Gasteiger partial charge in [-0.25, -0.2) is 4.98 Å². The van der Waals surface area contributed by atoms with Gasteiger partial charge in [-0.2, -0.15) is 0 Å². The fourth-order valence-corrected chi connectivity index (χ4v) is 3.59. The zero-order valence-electron chi connectivity index (χ0n) is 12.5. The van der Waals surface area contributed by atoms with Crippen molar-refractivity contribution in [1.82, 2.24) is 4.98 Å². The molecular weight excluding hydrogens is 310 g/mol. The second-order valence-corrected chi connectivity index (χ2v) is 7.23. The molecule has 0 aliphatic carbocycles. The van der Waals surface area contributed by atoms with E-state index in [1.54, 1.807) is 22.7 Å². The maximum Gasteiger partial charge on any atom is 0.125 e. The van der Waals surface area contributed by atoms with Crippen LogP contribution in [0.5, 0.6) is 0 Å². The molecule has 5 heteroatoms. The first-order valence-corrected chi connectivity index (χ1v) is 8.77. The molecule has 1 aromatic carbocycles. The number of rotatable bonds is 4. The summed E-state index contributed by atoms with van der Waals surface area (Å²) in [6, 6.07) is 10.4. The van der Waals surface area contributed by atoms with Crippen LogP contribution in [0.25, 0.3) is 22.4 Å². The van der Waals surface area contributed by atoms with Gasteiger partial charge in [0.2, 0.25) is 0 Å². The fourth-order valence-electron chi connectivity index (χ4n) is 2.07. The standard InChI is InChI=1S/C17H17N3S2/c1-11(2)19-17(18)12-5-7-14-15(10-12)22-16(20-14)8-6-13-4-3-9-21-13/h3-11H,1-2H3,(H2,18,19)/b8-6+. The molecule has 3 aromatic rings. The van der Waals surface area contributed by atoms with E-state index < -0.39 is 0 Å². The molecule has 0 spiro atoms. The predicted molar refractivity (Wildman–Crippen MR) is 98.7 cm³/mol. The fraction of sp³-hybridized carbons (Fsp3) is 0.176. The van der Waals surface area contributed by atoms with Crippen LogP contribution in [0.4, 0.5) is 0 Å².